The van der Waals surface area contributed by atoms with Gasteiger partial charge in [0, 0.05) is 17.6 Å². The first-order valence-corrected chi connectivity index (χ1v) is 5.50. The van der Waals surface area contributed by atoms with E-state index in [1.807, 2.05) is 0 Å². The van der Waals surface area contributed by atoms with E-state index in [-0.39, 0.29) is 23.7 Å². The normalized spacial score (nSPS) is 22.8. The molecule has 1 fully saturated rings. The lowest BCUT2D eigenvalue weighted by molar-refractivity contribution is 0.0910. The van der Waals surface area contributed by atoms with Gasteiger partial charge in [0.05, 0.1) is 7.11 Å². The summed E-state index contributed by atoms with van der Waals surface area (Å²) in [5, 5.41) is 2.84. The molecule has 0 unspecified atom stereocenters. The zero-order chi connectivity index (χ0) is 12.4. The Morgan fingerprint density at radius 3 is 2.82 bits per heavy atom. The Bertz CT molecular complexity index is 431. The van der Waals surface area contributed by atoms with Crippen LogP contribution in [0, 0.1) is 5.82 Å². The van der Waals surface area contributed by atoms with E-state index in [2.05, 4.69) is 5.32 Å². The van der Waals surface area contributed by atoms with Crippen LogP contribution >= 0.6 is 0 Å². The maximum Gasteiger partial charge on any atom is 0.251 e. The van der Waals surface area contributed by atoms with Gasteiger partial charge in [0.25, 0.3) is 5.91 Å². The molecule has 4 nitrogen and oxygen atoms in total. The predicted molar refractivity (Wildman–Crippen MR) is 61.4 cm³/mol. The van der Waals surface area contributed by atoms with Gasteiger partial charge in [0.1, 0.15) is 0 Å². The zero-order valence-electron chi connectivity index (χ0n) is 9.57. The molecule has 17 heavy (non-hydrogen) atoms. The van der Waals surface area contributed by atoms with Gasteiger partial charge in [-0.25, -0.2) is 4.39 Å². The molecule has 1 aromatic rings. The maximum atomic E-state index is 13.2. The number of rotatable bonds is 3. The molecule has 0 heterocycles. The third-order valence-corrected chi connectivity index (χ3v) is 2.92. The fourth-order valence-electron chi connectivity index (χ4n) is 1.85. The van der Waals surface area contributed by atoms with Gasteiger partial charge in [-0.05, 0) is 31.0 Å². The molecular weight excluding hydrogens is 223 g/mol. The van der Waals surface area contributed by atoms with Crippen molar-refractivity contribution in [3.05, 3.63) is 29.6 Å². The summed E-state index contributed by atoms with van der Waals surface area (Å²) >= 11 is 0. The fraction of sp³-hybridized carbons (Fsp3) is 0.417. The summed E-state index contributed by atoms with van der Waals surface area (Å²) in [4.78, 5) is 11.8. The molecule has 0 bridgehead atoms. The van der Waals surface area contributed by atoms with Gasteiger partial charge in [-0.15, -0.1) is 0 Å². The van der Waals surface area contributed by atoms with Crippen LogP contribution in [0.15, 0.2) is 18.2 Å². The van der Waals surface area contributed by atoms with Crippen molar-refractivity contribution in [3.63, 3.8) is 0 Å². The number of carbonyl (C=O) groups is 1. The maximum absolute atomic E-state index is 13.2. The Labute approximate surface area is 98.9 Å². The average molecular weight is 238 g/mol. The third-order valence-electron chi connectivity index (χ3n) is 2.92. The smallest absolute Gasteiger partial charge is 0.251 e. The third kappa shape index (κ3) is 2.55. The molecule has 0 spiro atoms. The summed E-state index contributed by atoms with van der Waals surface area (Å²) in [6.45, 7) is 0. The number of amides is 1. The van der Waals surface area contributed by atoms with E-state index in [1.165, 1.54) is 25.3 Å². The molecule has 1 aliphatic rings. The number of nitrogens with one attached hydrogen (secondary N) is 1. The van der Waals surface area contributed by atoms with Crippen LogP contribution in [0.25, 0.3) is 0 Å². The van der Waals surface area contributed by atoms with Gasteiger partial charge in [0.2, 0.25) is 0 Å². The van der Waals surface area contributed by atoms with Crippen molar-refractivity contribution in [2.45, 2.75) is 24.9 Å². The highest BCUT2D eigenvalue weighted by Gasteiger charge is 2.27. The molecule has 92 valence electrons. The van der Waals surface area contributed by atoms with Crippen LogP contribution in [0.3, 0.4) is 0 Å². The summed E-state index contributed by atoms with van der Waals surface area (Å²) in [6, 6.07) is 4.37. The molecule has 1 saturated carbocycles. The van der Waals surface area contributed by atoms with Crippen LogP contribution in [-0.4, -0.2) is 25.1 Å². The van der Waals surface area contributed by atoms with Crippen molar-refractivity contribution in [1.29, 1.82) is 0 Å². The predicted octanol–water partition coefficient (Wildman–Crippen LogP) is 1.05. The summed E-state index contributed by atoms with van der Waals surface area (Å²) in [6.07, 6.45) is 1.59. The van der Waals surface area contributed by atoms with Crippen LogP contribution in [-0.2, 0) is 0 Å². The summed E-state index contributed by atoms with van der Waals surface area (Å²) in [5.41, 5.74) is 6.02. The van der Waals surface area contributed by atoms with Gasteiger partial charge in [-0.1, -0.05) is 0 Å². The highest BCUT2D eigenvalue weighted by atomic mass is 19.1. The molecule has 0 aromatic heterocycles. The minimum absolute atomic E-state index is 0.0722. The van der Waals surface area contributed by atoms with Crippen molar-refractivity contribution < 1.29 is 13.9 Å². The molecule has 0 radical (unpaired) electrons. The zero-order valence-corrected chi connectivity index (χ0v) is 9.57. The molecule has 1 aromatic carbocycles. The Balaban J connectivity index is 2.03. The van der Waals surface area contributed by atoms with E-state index in [4.69, 9.17) is 10.5 Å². The Morgan fingerprint density at radius 1 is 1.53 bits per heavy atom. The minimum atomic E-state index is -0.477. The molecule has 1 amide bonds. The van der Waals surface area contributed by atoms with Gasteiger partial charge in [-0.2, -0.15) is 0 Å². The summed E-state index contributed by atoms with van der Waals surface area (Å²) in [7, 11) is 1.37. The van der Waals surface area contributed by atoms with Gasteiger partial charge in [0.15, 0.2) is 11.6 Å². The highest BCUT2D eigenvalue weighted by Crippen LogP contribution is 2.20. The van der Waals surface area contributed by atoms with Crippen LogP contribution in [0.1, 0.15) is 23.2 Å². The van der Waals surface area contributed by atoms with Crippen molar-refractivity contribution in [1.82, 2.24) is 5.32 Å². The second kappa shape index (κ2) is 4.71. The number of ether oxygens (including phenoxy) is 1. The first kappa shape index (κ1) is 11.9. The van der Waals surface area contributed by atoms with E-state index < -0.39 is 5.82 Å². The average Bonchev–Trinajstić information content (AvgIpc) is 2.27. The SMILES string of the molecule is COc1cc(C(=O)NC2CC(N)C2)ccc1F. The molecule has 0 saturated heterocycles. The molecule has 3 N–H and O–H groups in total. The van der Waals surface area contributed by atoms with Crippen molar-refractivity contribution in [2.24, 2.45) is 5.73 Å². The molecule has 1 aliphatic carbocycles. The lowest BCUT2D eigenvalue weighted by atomic mass is 9.87. The molecule has 2 rings (SSSR count). The molecule has 0 atom stereocenters. The number of hydrogen-bond acceptors (Lipinski definition) is 3. The van der Waals surface area contributed by atoms with E-state index in [9.17, 15) is 9.18 Å². The number of hydrogen-bond donors (Lipinski definition) is 2. The van der Waals surface area contributed by atoms with Crippen molar-refractivity contribution in [2.75, 3.05) is 7.11 Å². The lowest BCUT2D eigenvalue weighted by Gasteiger charge is -2.32. The largest absolute Gasteiger partial charge is 0.494 e. The monoisotopic (exact) mass is 238 g/mol. The summed E-state index contributed by atoms with van der Waals surface area (Å²) in [5.74, 6) is -0.627. The topological polar surface area (TPSA) is 64.3 Å². The molecule has 5 heteroatoms. The van der Waals surface area contributed by atoms with E-state index in [0.717, 1.165) is 12.8 Å². The fourth-order valence-corrected chi connectivity index (χ4v) is 1.85. The van der Waals surface area contributed by atoms with Crippen molar-refractivity contribution in [3.8, 4) is 5.75 Å². The molecular formula is C12H15FN2O2. The minimum Gasteiger partial charge on any atom is -0.494 e. The number of methoxy groups -OCH3 is 1. The van der Waals surface area contributed by atoms with Crippen molar-refractivity contribution >= 4 is 5.91 Å². The van der Waals surface area contributed by atoms with Crippen LogP contribution < -0.4 is 15.8 Å². The van der Waals surface area contributed by atoms with Crippen LogP contribution in [0.2, 0.25) is 0 Å². The quantitative estimate of drug-likeness (QED) is 0.827. The first-order chi connectivity index (χ1) is 8.10. The van der Waals surface area contributed by atoms with Gasteiger partial charge >= 0.3 is 0 Å². The Morgan fingerprint density at radius 2 is 2.24 bits per heavy atom. The Kier molecular flexibility index (Phi) is 3.28. The number of nitrogens with two attached hydrogens (primary N) is 1. The molecule has 0 aliphatic heterocycles. The Hall–Kier alpha value is -1.62. The number of benzene rings is 1. The number of carbonyl (C=O) groups excluding carboxylic acids is 1. The highest BCUT2D eigenvalue weighted by molar-refractivity contribution is 5.94. The van der Waals surface area contributed by atoms with E-state index >= 15 is 0 Å². The lowest BCUT2D eigenvalue weighted by Crippen LogP contribution is -2.50. The van der Waals surface area contributed by atoms with E-state index in [1.54, 1.807) is 0 Å². The van der Waals surface area contributed by atoms with Gasteiger partial charge in [-0.3, -0.25) is 4.79 Å². The first-order valence-electron chi connectivity index (χ1n) is 5.50. The van der Waals surface area contributed by atoms with Crippen LogP contribution in [0.4, 0.5) is 4.39 Å². The summed E-state index contributed by atoms with van der Waals surface area (Å²) < 4.78 is 18.0. The standard InChI is InChI=1S/C12H15FN2O2/c1-17-11-4-7(2-3-10(11)13)12(16)15-9-5-8(14)6-9/h2-4,8-9H,5-6,14H2,1H3,(H,15,16). The second-order valence-corrected chi connectivity index (χ2v) is 4.25. The van der Waals surface area contributed by atoms with E-state index in [0.29, 0.717) is 5.56 Å². The van der Waals surface area contributed by atoms with Gasteiger partial charge < -0.3 is 15.8 Å². The van der Waals surface area contributed by atoms with Crippen LogP contribution in [0.5, 0.6) is 5.75 Å². The second-order valence-electron chi connectivity index (χ2n) is 4.25. The number of halogens is 1.